The summed E-state index contributed by atoms with van der Waals surface area (Å²) in [6.45, 7) is 4.92. The van der Waals surface area contributed by atoms with Gasteiger partial charge in [-0.2, -0.15) is 15.4 Å². The van der Waals surface area contributed by atoms with Crippen LogP contribution in [-0.2, 0) is 38.5 Å². The number of carbonyl (C=O) groups is 2. The molecule has 0 radical (unpaired) electrons. The molecule has 5 rings (SSSR count). The van der Waals surface area contributed by atoms with Gasteiger partial charge in [-0.3, -0.25) is 9.32 Å². The second-order valence-electron chi connectivity index (χ2n) is 12.3. The number of fused-ring (bicyclic) bond motifs is 1. The van der Waals surface area contributed by atoms with E-state index in [9.17, 15) is 24.5 Å². The molecule has 0 amide bonds. The molecule has 2 aromatic carbocycles. The molecule has 16 nitrogen and oxygen atoms in total. The van der Waals surface area contributed by atoms with E-state index in [1.807, 2.05) is 19.9 Å². The first-order valence-electron chi connectivity index (χ1n) is 16.8. The number of hydrogen-bond acceptors (Lipinski definition) is 14. The van der Waals surface area contributed by atoms with Crippen molar-refractivity contribution in [1.82, 2.24) is 19.7 Å². The second kappa shape index (κ2) is 16.6. The highest BCUT2D eigenvalue weighted by Crippen LogP contribution is 2.48. The zero-order valence-corrected chi connectivity index (χ0v) is 29.8. The molecule has 0 bridgehead atoms. The number of hydrogen-bond donors (Lipinski definition) is 4. The van der Waals surface area contributed by atoms with Crippen molar-refractivity contribution in [1.29, 1.82) is 5.26 Å². The summed E-state index contributed by atoms with van der Waals surface area (Å²) in [7, 11) is -4.47. The summed E-state index contributed by atoms with van der Waals surface area (Å²) in [5, 5.41) is 29.2. The first-order chi connectivity index (χ1) is 24.9. The van der Waals surface area contributed by atoms with Gasteiger partial charge in [-0.15, -0.1) is 0 Å². The van der Waals surface area contributed by atoms with Crippen LogP contribution in [0, 0.1) is 17.2 Å². The number of nitrogens with zero attached hydrogens (tertiary/aromatic N) is 4. The summed E-state index contributed by atoms with van der Waals surface area (Å²) in [6.07, 6.45) is -2.12. The summed E-state index contributed by atoms with van der Waals surface area (Å²) in [6, 6.07) is 19.0. The normalized spacial score (nSPS) is 22.3. The van der Waals surface area contributed by atoms with Crippen LogP contribution < -0.4 is 21.1 Å². The average molecular weight is 736 g/mol. The number of nitriles is 1. The molecule has 7 unspecified atom stereocenters. The Labute approximate surface area is 300 Å². The molecule has 4 aromatic rings. The number of benzene rings is 2. The van der Waals surface area contributed by atoms with Crippen molar-refractivity contribution in [2.45, 2.75) is 69.6 Å². The number of anilines is 1. The van der Waals surface area contributed by atoms with Crippen molar-refractivity contribution in [3.8, 4) is 11.8 Å². The lowest BCUT2D eigenvalue weighted by Crippen LogP contribution is -2.44. The van der Waals surface area contributed by atoms with Gasteiger partial charge in [-0.25, -0.2) is 18.9 Å². The van der Waals surface area contributed by atoms with Gasteiger partial charge in [0, 0.05) is 0 Å². The number of para-hydroxylation sites is 1. The van der Waals surface area contributed by atoms with Crippen molar-refractivity contribution in [3.05, 3.63) is 90.4 Å². The Morgan fingerprint density at radius 3 is 2.42 bits per heavy atom. The molecule has 1 saturated heterocycles. The quantitative estimate of drug-likeness (QED) is 0.0951. The molecular weight excluding hydrogens is 693 g/mol. The molecule has 1 fully saturated rings. The number of aromatic nitrogens is 3. The minimum Gasteiger partial charge on any atom is -0.464 e. The van der Waals surface area contributed by atoms with Crippen LogP contribution in [0.15, 0.2) is 79.1 Å². The molecule has 17 heteroatoms. The van der Waals surface area contributed by atoms with E-state index in [1.165, 1.54) is 35.7 Å². The Hall–Kier alpha value is -4.88. The van der Waals surface area contributed by atoms with Crippen LogP contribution >= 0.6 is 7.75 Å². The molecule has 7 atom stereocenters. The van der Waals surface area contributed by atoms with E-state index in [-0.39, 0.29) is 29.8 Å². The van der Waals surface area contributed by atoms with Gasteiger partial charge in [0.1, 0.15) is 48.0 Å². The van der Waals surface area contributed by atoms with Crippen LogP contribution in [0.5, 0.6) is 5.75 Å². The first kappa shape index (κ1) is 38.4. The Kier molecular flexibility index (Phi) is 12.3. The Morgan fingerprint density at radius 1 is 1.10 bits per heavy atom. The van der Waals surface area contributed by atoms with Gasteiger partial charge in [-0.05, 0) is 42.7 Å². The molecule has 6 N–H and O–H groups in total. The monoisotopic (exact) mass is 735 g/mol. The summed E-state index contributed by atoms with van der Waals surface area (Å²) >= 11 is 0. The van der Waals surface area contributed by atoms with Crippen molar-refractivity contribution in [3.63, 3.8) is 0 Å². The number of nitrogen functional groups attached to an aromatic ring is 1. The fourth-order valence-electron chi connectivity index (χ4n) is 5.70. The highest BCUT2D eigenvalue weighted by molar-refractivity contribution is 7.52. The van der Waals surface area contributed by atoms with Gasteiger partial charge in [-0.1, -0.05) is 75.2 Å². The van der Waals surface area contributed by atoms with Crippen LogP contribution in [0.1, 0.15) is 50.9 Å². The van der Waals surface area contributed by atoms with E-state index in [0.717, 1.165) is 19.2 Å². The maximum atomic E-state index is 14.4. The first-order valence-corrected chi connectivity index (χ1v) is 18.3. The van der Waals surface area contributed by atoms with Crippen molar-refractivity contribution in [2.75, 3.05) is 18.9 Å². The van der Waals surface area contributed by atoms with Gasteiger partial charge in [0.2, 0.25) is 5.60 Å². The molecule has 52 heavy (non-hydrogen) atoms. The molecule has 276 valence electrons. The third-order valence-electron chi connectivity index (χ3n) is 8.82. The van der Waals surface area contributed by atoms with Gasteiger partial charge < -0.3 is 35.3 Å². The standard InChI is InChI=1S/C35H42N7O9P/c1-4-23(5-2)18-47-33(44)22(3)41-52(46,51-25-14-10-7-11-15-25)48-19-27-30(49-34(45)29(37)24-12-8-6-9-13-24)31(43)35(20-36,50-27)28-17-16-26-32(38)39-21-40-42(26)28/h6-17,21-23,27,29-31,43H,4-5,18-19,37H2,1-3H3,(H,41,46)(H2,38,39,40). The molecule has 1 aliphatic rings. The lowest BCUT2D eigenvalue weighted by Gasteiger charge is -2.26. The van der Waals surface area contributed by atoms with Crippen molar-refractivity contribution < 1.29 is 42.5 Å². The fourth-order valence-corrected chi connectivity index (χ4v) is 7.20. The topological polar surface area (TPSA) is 236 Å². The highest BCUT2D eigenvalue weighted by atomic mass is 31.2. The molecule has 0 saturated carbocycles. The van der Waals surface area contributed by atoms with E-state index in [0.29, 0.717) is 11.1 Å². The van der Waals surface area contributed by atoms with E-state index in [4.69, 9.17) is 34.7 Å². The van der Waals surface area contributed by atoms with Gasteiger partial charge >= 0.3 is 19.7 Å². The van der Waals surface area contributed by atoms with E-state index >= 15 is 0 Å². The number of nitrogens with two attached hydrogens (primary N) is 2. The minimum atomic E-state index is -4.47. The van der Waals surface area contributed by atoms with Gasteiger partial charge in [0.15, 0.2) is 11.9 Å². The molecule has 0 aliphatic carbocycles. The van der Waals surface area contributed by atoms with Crippen LogP contribution in [-0.4, -0.2) is 69.2 Å². The summed E-state index contributed by atoms with van der Waals surface area (Å²) in [5.74, 6) is -1.24. The number of ether oxygens (including phenoxy) is 3. The third kappa shape index (κ3) is 8.26. The maximum Gasteiger partial charge on any atom is 0.459 e. The number of aliphatic hydroxyl groups is 1. The van der Waals surface area contributed by atoms with E-state index in [1.54, 1.807) is 48.5 Å². The van der Waals surface area contributed by atoms with Crippen LogP contribution in [0.3, 0.4) is 0 Å². The third-order valence-corrected chi connectivity index (χ3v) is 10.5. The molecule has 0 spiro atoms. The number of nitrogens with one attached hydrogen (secondary N) is 1. The van der Waals surface area contributed by atoms with Crippen LogP contribution in [0.2, 0.25) is 0 Å². The summed E-state index contributed by atoms with van der Waals surface area (Å²) in [5.41, 5.74) is 10.8. The number of esters is 2. The van der Waals surface area contributed by atoms with Gasteiger partial charge in [0.05, 0.1) is 18.9 Å². The number of rotatable bonds is 16. The molecule has 2 aromatic heterocycles. The van der Waals surface area contributed by atoms with Crippen molar-refractivity contribution >= 4 is 31.0 Å². The lowest BCUT2D eigenvalue weighted by molar-refractivity contribution is -0.158. The predicted octanol–water partition coefficient (Wildman–Crippen LogP) is 3.56. The fraction of sp³-hybridized carbons (Fsp3) is 0.400. The Balaban J connectivity index is 1.45. The van der Waals surface area contributed by atoms with E-state index < -0.39 is 62.3 Å². The Morgan fingerprint density at radius 2 is 1.77 bits per heavy atom. The lowest BCUT2D eigenvalue weighted by atomic mass is 9.92. The largest absolute Gasteiger partial charge is 0.464 e. The molecule has 1 aliphatic heterocycles. The number of aliphatic hydroxyl groups excluding tert-OH is 1. The summed E-state index contributed by atoms with van der Waals surface area (Å²) in [4.78, 5) is 30.3. The van der Waals surface area contributed by atoms with Gasteiger partial charge in [0.25, 0.3) is 0 Å². The number of carbonyl (C=O) groups excluding carboxylic acids is 2. The van der Waals surface area contributed by atoms with E-state index in [2.05, 4.69) is 15.2 Å². The van der Waals surface area contributed by atoms with Crippen LogP contribution in [0.25, 0.3) is 5.52 Å². The highest BCUT2D eigenvalue weighted by Gasteiger charge is 2.60. The Bertz CT molecular complexity index is 1920. The second-order valence-corrected chi connectivity index (χ2v) is 14.0. The molecular formula is C35H42N7O9P. The van der Waals surface area contributed by atoms with Crippen molar-refractivity contribution in [2.24, 2.45) is 11.7 Å². The predicted molar refractivity (Wildman–Crippen MR) is 187 cm³/mol. The molecule has 3 heterocycles. The zero-order valence-electron chi connectivity index (χ0n) is 28.9. The smallest absolute Gasteiger partial charge is 0.459 e. The SMILES string of the molecule is CCC(CC)COC(=O)C(C)NP(=O)(OCC1OC(C#N)(c2ccc3c(N)ncnn23)C(O)C1OC(=O)C(N)c1ccccc1)Oc1ccccc1. The summed E-state index contributed by atoms with van der Waals surface area (Å²) < 4.78 is 44.7. The van der Waals surface area contributed by atoms with Crippen LogP contribution in [0.4, 0.5) is 5.82 Å². The minimum absolute atomic E-state index is 0.0400. The zero-order chi connectivity index (χ0) is 37.5. The average Bonchev–Trinajstić information content (AvgIpc) is 3.71. The maximum absolute atomic E-state index is 14.4.